The van der Waals surface area contributed by atoms with E-state index in [0.717, 1.165) is 5.69 Å². The molecule has 0 spiro atoms. The Labute approximate surface area is 298 Å². The third-order valence-electron chi connectivity index (χ3n) is 11.0. The van der Waals surface area contributed by atoms with Crippen molar-refractivity contribution >= 4 is 38.8 Å². The lowest BCUT2D eigenvalue weighted by Crippen LogP contribution is -2.39. The summed E-state index contributed by atoms with van der Waals surface area (Å²) in [4.78, 5) is 2.50. The van der Waals surface area contributed by atoms with Crippen molar-refractivity contribution in [1.29, 1.82) is 0 Å². The van der Waals surface area contributed by atoms with Crippen LogP contribution in [0.2, 0.25) is 0 Å². The van der Waals surface area contributed by atoms with Crippen LogP contribution in [0.4, 0.5) is 11.4 Å². The van der Waals surface area contributed by atoms with Gasteiger partial charge in [-0.05, 0) is 94.4 Å². The fourth-order valence-corrected chi connectivity index (χ4v) is 8.52. The predicted octanol–water partition coefficient (Wildman–Crippen LogP) is 12.5. The third kappa shape index (κ3) is 4.71. The first-order chi connectivity index (χ1) is 25.2. The van der Waals surface area contributed by atoms with E-state index in [2.05, 4.69) is 211 Å². The highest BCUT2D eigenvalue weighted by Crippen LogP contribution is 2.52. The molecule has 2 unspecified atom stereocenters. The summed E-state index contributed by atoms with van der Waals surface area (Å²) in [6.07, 6.45) is 7.25. The highest BCUT2D eigenvalue weighted by molar-refractivity contribution is 6.10. The first kappa shape index (κ1) is 29.5. The maximum Gasteiger partial charge on any atom is 0.0655 e. The van der Waals surface area contributed by atoms with Crippen LogP contribution in [-0.2, 0) is 5.41 Å². The molecule has 0 radical (unpaired) electrons. The van der Waals surface area contributed by atoms with E-state index in [1.807, 2.05) is 0 Å². The second-order valence-corrected chi connectivity index (χ2v) is 14.0. The topological polar surface area (TPSA) is 8.17 Å². The molecule has 2 heteroatoms. The number of hydrogen-bond acceptors (Lipinski definition) is 1. The number of allylic oxidation sites excluding steroid dienone is 2. The summed E-state index contributed by atoms with van der Waals surface area (Å²) in [5.41, 5.74) is 14.7. The van der Waals surface area contributed by atoms with E-state index in [-0.39, 0.29) is 11.5 Å². The Morgan fingerprint density at radius 2 is 1.04 bits per heavy atom. The van der Waals surface area contributed by atoms with Crippen LogP contribution in [0.1, 0.15) is 18.1 Å². The lowest BCUT2D eigenvalue weighted by Gasteiger charge is -2.36. The van der Waals surface area contributed by atoms with Crippen molar-refractivity contribution in [1.82, 2.24) is 4.57 Å². The zero-order valence-electron chi connectivity index (χ0n) is 28.4. The number of nitrogens with zero attached hydrogens (tertiary/aromatic N) is 2. The highest BCUT2D eigenvalue weighted by Gasteiger charge is 2.47. The second kappa shape index (κ2) is 11.6. The largest absolute Gasteiger partial charge is 0.333 e. The van der Waals surface area contributed by atoms with Gasteiger partial charge >= 0.3 is 0 Å². The number of fused-ring (bicyclic) bond motifs is 6. The van der Waals surface area contributed by atoms with Gasteiger partial charge in [0.25, 0.3) is 0 Å². The number of benzene rings is 7. The van der Waals surface area contributed by atoms with E-state index >= 15 is 0 Å². The summed E-state index contributed by atoms with van der Waals surface area (Å²) in [7, 11) is 0. The maximum atomic E-state index is 2.50. The van der Waals surface area contributed by atoms with Crippen LogP contribution in [0.3, 0.4) is 0 Å². The lowest BCUT2D eigenvalue weighted by molar-refractivity contribution is 0.553. The minimum absolute atomic E-state index is 0.164. The van der Waals surface area contributed by atoms with Crippen molar-refractivity contribution in [2.45, 2.75) is 18.4 Å². The number of aromatic nitrogens is 1. The number of para-hydroxylation sites is 3. The predicted molar refractivity (Wildman–Crippen MR) is 215 cm³/mol. The van der Waals surface area contributed by atoms with Crippen molar-refractivity contribution in [2.24, 2.45) is 0 Å². The molecule has 242 valence electrons. The molecule has 0 fully saturated rings. The van der Waals surface area contributed by atoms with Crippen molar-refractivity contribution in [3.8, 4) is 27.9 Å². The SMILES string of the molecule is CC12C=C(c3ccc4c(c3)c3ccccc3n4-c3ccc(-c4ccc(-c5ccccc5)cc4)cc3)C=CC1N(c1ccccc1)c1ccccc12. The Bertz CT molecular complexity index is 2630. The molecule has 1 aromatic heterocycles. The monoisotopic (exact) mass is 652 g/mol. The van der Waals surface area contributed by atoms with Gasteiger partial charge in [-0.2, -0.15) is 0 Å². The minimum atomic E-state index is -0.164. The molecule has 10 rings (SSSR count). The molecular formula is C49H36N2. The van der Waals surface area contributed by atoms with Gasteiger partial charge in [0.05, 0.1) is 17.1 Å². The van der Waals surface area contributed by atoms with Crippen molar-refractivity contribution in [3.05, 3.63) is 205 Å². The first-order valence-corrected chi connectivity index (χ1v) is 17.8. The van der Waals surface area contributed by atoms with E-state index in [1.54, 1.807) is 0 Å². The molecule has 0 bridgehead atoms. The molecule has 8 aromatic rings. The molecule has 1 aliphatic carbocycles. The molecule has 2 nitrogen and oxygen atoms in total. The zero-order valence-corrected chi connectivity index (χ0v) is 28.4. The van der Waals surface area contributed by atoms with Crippen LogP contribution in [0, 0.1) is 0 Å². The number of rotatable bonds is 5. The van der Waals surface area contributed by atoms with Gasteiger partial charge in [0.2, 0.25) is 0 Å². The van der Waals surface area contributed by atoms with Gasteiger partial charge in [-0.25, -0.2) is 0 Å². The van der Waals surface area contributed by atoms with Gasteiger partial charge in [0, 0.05) is 33.2 Å². The van der Waals surface area contributed by atoms with E-state index < -0.39 is 0 Å². The van der Waals surface area contributed by atoms with Crippen molar-refractivity contribution < 1.29 is 0 Å². The number of anilines is 2. The van der Waals surface area contributed by atoms with E-state index in [4.69, 9.17) is 0 Å². The average molecular weight is 653 g/mol. The molecule has 0 amide bonds. The van der Waals surface area contributed by atoms with Crippen LogP contribution >= 0.6 is 0 Å². The van der Waals surface area contributed by atoms with Gasteiger partial charge in [-0.1, -0.05) is 146 Å². The van der Waals surface area contributed by atoms with Gasteiger partial charge < -0.3 is 9.47 Å². The molecule has 7 aromatic carbocycles. The fraction of sp³-hybridized carbons (Fsp3) is 0.0612. The Hall–Kier alpha value is -6.38. The molecule has 2 aliphatic rings. The number of hydrogen-bond donors (Lipinski definition) is 0. The quantitative estimate of drug-likeness (QED) is 0.180. The Morgan fingerprint density at radius 1 is 0.471 bits per heavy atom. The molecule has 2 heterocycles. The van der Waals surface area contributed by atoms with Crippen LogP contribution in [0.5, 0.6) is 0 Å². The lowest BCUT2D eigenvalue weighted by atomic mass is 9.73. The molecule has 51 heavy (non-hydrogen) atoms. The van der Waals surface area contributed by atoms with Crippen LogP contribution in [-0.4, -0.2) is 10.6 Å². The Morgan fingerprint density at radius 3 is 1.78 bits per heavy atom. The van der Waals surface area contributed by atoms with Crippen molar-refractivity contribution in [3.63, 3.8) is 0 Å². The molecule has 0 saturated carbocycles. The first-order valence-electron chi connectivity index (χ1n) is 17.8. The summed E-state index contributed by atoms with van der Waals surface area (Å²) in [5, 5.41) is 2.53. The van der Waals surface area contributed by atoms with E-state index in [9.17, 15) is 0 Å². The summed E-state index contributed by atoms with van der Waals surface area (Å²) in [5.74, 6) is 0. The highest BCUT2D eigenvalue weighted by atomic mass is 15.2. The van der Waals surface area contributed by atoms with Gasteiger partial charge in [0.1, 0.15) is 0 Å². The van der Waals surface area contributed by atoms with Gasteiger partial charge in [-0.3, -0.25) is 0 Å². The molecule has 0 saturated heterocycles. The summed E-state index contributed by atoms with van der Waals surface area (Å²) in [6, 6.07) is 64.1. The van der Waals surface area contributed by atoms with Crippen LogP contribution < -0.4 is 4.90 Å². The van der Waals surface area contributed by atoms with Gasteiger partial charge in [-0.15, -0.1) is 0 Å². The maximum absolute atomic E-state index is 2.50. The normalized spacial score (nSPS) is 17.8. The second-order valence-electron chi connectivity index (χ2n) is 14.0. The zero-order chi connectivity index (χ0) is 33.9. The van der Waals surface area contributed by atoms with E-state index in [1.165, 1.54) is 72.1 Å². The Kier molecular flexibility index (Phi) is 6.72. The molecule has 2 atom stereocenters. The van der Waals surface area contributed by atoms with Crippen LogP contribution in [0.15, 0.2) is 194 Å². The fourth-order valence-electron chi connectivity index (χ4n) is 8.52. The summed E-state index contributed by atoms with van der Waals surface area (Å²) in [6.45, 7) is 2.40. The van der Waals surface area contributed by atoms with Gasteiger partial charge in [0.15, 0.2) is 0 Å². The van der Waals surface area contributed by atoms with E-state index in [0.29, 0.717) is 0 Å². The smallest absolute Gasteiger partial charge is 0.0655 e. The van der Waals surface area contributed by atoms with Crippen LogP contribution in [0.25, 0.3) is 55.3 Å². The molecule has 1 aliphatic heterocycles. The average Bonchev–Trinajstić information content (AvgIpc) is 3.67. The Balaban J connectivity index is 1.02. The summed E-state index contributed by atoms with van der Waals surface area (Å²) < 4.78 is 2.41. The molecular weight excluding hydrogens is 617 g/mol. The summed E-state index contributed by atoms with van der Waals surface area (Å²) >= 11 is 0. The standard InChI is InChI=1S/C49H36N2/c1-49-33-39(27-31-48(49)51(40-14-6-3-7-15-40)47-19-11-9-17-44(47)49)38-26-30-46-43(32-38)42-16-8-10-18-45(42)50(46)41-28-24-37(25-29-41)36-22-20-35(21-23-36)34-12-4-2-5-13-34/h2-33,48H,1H3. The third-order valence-corrected chi connectivity index (χ3v) is 11.0. The minimum Gasteiger partial charge on any atom is -0.333 e. The molecule has 0 N–H and O–H groups in total. The van der Waals surface area contributed by atoms with Crippen molar-refractivity contribution in [2.75, 3.05) is 4.90 Å².